The Hall–Kier alpha value is -2.44. The molecule has 0 aliphatic heterocycles. The van der Waals surface area contributed by atoms with Gasteiger partial charge in [0.25, 0.3) is 0 Å². The molecular formula is C13H7F4NO2. The number of hydrogen-bond acceptors (Lipinski definition) is 2. The number of pyridine rings is 1. The first-order valence-electron chi connectivity index (χ1n) is 5.36. The van der Waals surface area contributed by atoms with Crippen LogP contribution < -0.4 is 0 Å². The number of benzene rings is 1. The average Bonchev–Trinajstić information content (AvgIpc) is 2.38. The normalized spacial score (nSPS) is 11.4. The number of rotatable bonds is 2. The van der Waals surface area contributed by atoms with E-state index in [0.717, 1.165) is 18.2 Å². The van der Waals surface area contributed by atoms with Gasteiger partial charge in [-0.2, -0.15) is 13.2 Å². The minimum Gasteiger partial charge on any atom is -0.478 e. The second kappa shape index (κ2) is 4.92. The van der Waals surface area contributed by atoms with Crippen molar-refractivity contribution >= 4 is 5.97 Å². The first kappa shape index (κ1) is 14.0. The fraction of sp³-hybridized carbons (Fsp3) is 0.0769. The maximum atomic E-state index is 13.2. The highest BCUT2D eigenvalue weighted by atomic mass is 19.4. The van der Waals surface area contributed by atoms with Gasteiger partial charge >= 0.3 is 12.1 Å². The van der Waals surface area contributed by atoms with Crippen molar-refractivity contribution in [1.82, 2.24) is 4.98 Å². The Labute approximate surface area is 110 Å². The summed E-state index contributed by atoms with van der Waals surface area (Å²) in [5.41, 5.74) is -2.25. The lowest BCUT2D eigenvalue weighted by atomic mass is 10.0. The predicted molar refractivity (Wildman–Crippen MR) is 61.6 cm³/mol. The molecule has 0 radical (unpaired) electrons. The van der Waals surface area contributed by atoms with Crippen molar-refractivity contribution in [3.63, 3.8) is 0 Å². The number of aromatic nitrogens is 1. The van der Waals surface area contributed by atoms with E-state index in [0.29, 0.717) is 6.20 Å². The molecule has 0 bridgehead atoms. The van der Waals surface area contributed by atoms with Crippen LogP contribution >= 0.6 is 0 Å². The van der Waals surface area contributed by atoms with Crippen LogP contribution in [0.15, 0.2) is 36.5 Å². The number of carbonyl (C=O) groups is 1. The van der Waals surface area contributed by atoms with Crippen LogP contribution in [0.5, 0.6) is 0 Å². The summed E-state index contributed by atoms with van der Waals surface area (Å²) in [5, 5.41) is 8.78. The lowest BCUT2D eigenvalue weighted by molar-refractivity contribution is -0.137. The van der Waals surface area contributed by atoms with E-state index in [4.69, 9.17) is 5.11 Å². The number of aromatic carboxylic acids is 1. The van der Waals surface area contributed by atoms with Crippen LogP contribution in [0.2, 0.25) is 0 Å². The highest BCUT2D eigenvalue weighted by Gasteiger charge is 2.33. The molecule has 1 N–H and O–H groups in total. The first-order valence-corrected chi connectivity index (χ1v) is 5.36. The van der Waals surface area contributed by atoms with E-state index in [2.05, 4.69) is 4.98 Å². The summed E-state index contributed by atoms with van der Waals surface area (Å²) in [6.45, 7) is 0. The molecule has 20 heavy (non-hydrogen) atoms. The first-order chi connectivity index (χ1) is 9.30. The van der Waals surface area contributed by atoms with Gasteiger partial charge in [-0.3, -0.25) is 4.98 Å². The highest BCUT2D eigenvalue weighted by Crippen LogP contribution is 2.36. The zero-order valence-electron chi connectivity index (χ0n) is 9.78. The Kier molecular flexibility index (Phi) is 3.44. The molecule has 104 valence electrons. The summed E-state index contributed by atoms with van der Waals surface area (Å²) < 4.78 is 51.8. The van der Waals surface area contributed by atoms with Gasteiger partial charge in [0, 0.05) is 5.56 Å². The van der Waals surface area contributed by atoms with Crippen LogP contribution in [0.4, 0.5) is 17.6 Å². The molecule has 0 spiro atoms. The van der Waals surface area contributed by atoms with Gasteiger partial charge in [-0.15, -0.1) is 0 Å². The van der Waals surface area contributed by atoms with Crippen LogP contribution in [0.1, 0.15) is 15.9 Å². The second-order valence-electron chi connectivity index (χ2n) is 3.90. The van der Waals surface area contributed by atoms with Crippen LogP contribution in [0, 0.1) is 5.82 Å². The van der Waals surface area contributed by atoms with E-state index in [-0.39, 0.29) is 11.3 Å². The van der Waals surface area contributed by atoms with Crippen LogP contribution in [0.25, 0.3) is 11.3 Å². The summed E-state index contributed by atoms with van der Waals surface area (Å²) in [5.74, 6) is -2.68. The van der Waals surface area contributed by atoms with Crippen molar-refractivity contribution in [2.45, 2.75) is 6.18 Å². The molecule has 0 saturated heterocycles. The summed E-state index contributed by atoms with van der Waals surface area (Å²) in [7, 11) is 0. The molecule has 3 nitrogen and oxygen atoms in total. The molecule has 0 aliphatic rings. The Morgan fingerprint density at radius 2 is 1.85 bits per heavy atom. The summed E-state index contributed by atoms with van der Waals surface area (Å²) in [6.07, 6.45) is -4.03. The Morgan fingerprint density at radius 3 is 2.45 bits per heavy atom. The molecule has 7 heteroatoms. The molecule has 1 heterocycles. The van der Waals surface area contributed by atoms with Gasteiger partial charge < -0.3 is 5.11 Å². The third-order valence-electron chi connectivity index (χ3n) is 2.59. The van der Waals surface area contributed by atoms with E-state index in [1.807, 2.05) is 0 Å². The number of carboxylic acids is 1. The molecule has 2 aromatic rings. The molecule has 0 amide bonds. The topological polar surface area (TPSA) is 50.2 Å². The van der Waals surface area contributed by atoms with Gasteiger partial charge in [0.1, 0.15) is 0 Å². The van der Waals surface area contributed by atoms with Crippen molar-refractivity contribution in [2.24, 2.45) is 0 Å². The third kappa shape index (κ3) is 2.61. The lowest BCUT2D eigenvalue weighted by Crippen LogP contribution is -2.08. The Morgan fingerprint density at radius 1 is 1.20 bits per heavy atom. The van der Waals surface area contributed by atoms with Gasteiger partial charge in [0.15, 0.2) is 5.82 Å². The van der Waals surface area contributed by atoms with Crippen LogP contribution in [-0.4, -0.2) is 16.1 Å². The van der Waals surface area contributed by atoms with Crippen molar-refractivity contribution < 1.29 is 27.5 Å². The highest BCUT2D eigenvalue weighted by molar-refractivity contribution is 5.89. The van der Waals surface area contributed by atoms with E-state index < -0.39 is 29.1 Å². The number of hydrogen-bond donors (Lipinski definition) is 1. The van der Waals surface area contributed by atoms with Gasteiger partial charge in [0.05, 0.1) is 23.0 Å². The fourth-order valence-electron chi connectivity index (χ4n) is 1.70. The van der Waals surface area contributed by atoms with E-state index >= 15 is 0 Å². The fourth-order valence-corrected chi connectivity index (χ4v) is 1.70. The minimum absolute atomic E-state index is 0.253. The quantitative estimate of drug-likeness (QED) is 0.858. The number of nitrogens with zero attached hydrogens (tertiary/aromatic N) is 1. The predicted octanol–water partition coefficient (Wildman–Crippen LogP) is 3.60. The number of alkyl halides is 3. The monoisotopic (exact) mass is 285 g/mol. The van der Waals surface area contributed by atoms with Gasteiger partial charge in [-0.05, 0) is 12.1 Å². The third-order valence-corrected chi connectivity index (χ3v) is 2.59. The van der Waals surface area contributed by atoms with E-state index in [1.54, 1.807) is 0 Å². The van der Waals surface area contributed by atoms with Crippen molar-refractivity contribution in [3.05, 3.63) is 53.5 Å². The average molecular weight is 285 g/mol. The van der Waals surface area contributed by atoms with Crippen molar-refractivity contribution in [1.29, 1.82) is 0 Å². The van der Waals surface area contributed by atoms with Crippen LogP contribution in [-0.2, 0) is 6.18 Å². The maximum absolute atomic E-state index is 13.2. The number of carboxylic acid groups (broad SMARTS) is 1. The van der Waals surface area contributed by atoms with Gasteiger partial charge in [-0.1, -0.05) is 18.2 Å². The molecule has 0 fully saturated rings. The standard InChI is InChI=1S/C13H7F4NO2/c14-10-6-18-11(5-8(10)12(19)20)7-3-1-2-4-9(7)13(15,16)17/h1-6H,(H,19,20). The van der Waals surface area contributed by atoms with E-state index in [1.165, 1.54) is 12.1 Å². The molecular weight excluding hydrogens is 278 g/mol. The van der Waals surface area contributed by atoms with Crippen molar-refractivity contribution in [3.8, 4) is 11.3 Å². The molecule has 0 unspecified atom stereocenters. The molecule has 1 aromatic heterocycles. The summed E-state index contributed by atoms with van der Waals surface area (Å²) in [4.78, 5) is 14.3. The summed E-state index contributed by atoms with van der Waals surface area (Å²) >= 11 is 0. The maximum Gasteiger partial charge on any atom is 0.417 e. The molecule has 1 aromatic carbocycles. The Bertz CT molecular complexity index is 668. The summed E-state index contributed by atoms with van der Waals surface area (Å²) in [6, 6.07) is 5.34. The SMILES string of the molecule is O=C(O)c1cc(-c2ccccc2C(F)(F)F)ncc1F. The smallest absolute Gasteiger partial charge is 0.417 e. The lowest BCUT2D eigenvalue weighted by Gasteiger charge is -2.12. The van der Waals surface area contributed by atoms with Gasteiger partial charge in [0.2, 0.25) is 0 Å². The van der Waals surface area contributed by atoms with Gasteiger partial charge in [-0.25, -0.2) is 9.18 Å². The van der Waals surface area contributed by atoms with Crippen molar-refractivity contribution in [2.75, 3.05) is 0 Å². The molecule has 0 aliphatic carbocycles. The molecule has 0 atom stereocenters. The van der Waals surface area contributed by atoms with E-state index in [9.17, 15) is 22.4 Å². The van der Waals surface area contributed by atoms with Crippen LogP contribution in [0.3, 0.4) is 0 Å². The zero-order valence-corrected chi connectivity index (χ0v) is 9.78. The zero-order chi connectivity index (χ0) is 14.9. The number of halogens is 4. The molecule has 0 saturated carbocycles. The largest absolute Gasteiger partial charge is 0.478 e. The second-order valence-corrected chi connectivity index (χ2v) is 3.90. The molecule has 2 rings (SSSR count). The Balaban J connectivity index is 2.64. The minimum atomic E-state index is -4.62.